The van der Waals surface area contributed by atoms with Crippen molar-refractivity contribution in [3.8, 4) is 0 Å². The van der Waals surface area contributed by atoms with Crippen molar-refractivity contribution in [1.29, 1.82) is 0 Å². The molecule has 164 valence electrons. The Hall–Kier alpha value is -2.50. The third kappa shape index (κ3) is 3.70. The third-order valence-electron chi connectivity index (χ3n) is 5.87. The third-order valence-corrected chi connectivity index (χ3v) is 6.12. The number of nitrogens with zero attached hydrogens (tertiary/aromatic N) is 5. The Labute approximate surface area is 183 Å². The van der Waals surface area contributed by atoms with E-state index in [1.54, 1.807) is 4.57 Å². The lowest BCUT2D eigenvalue weighted by molar-refractivity contribution is -0.0511. The molecule has 31 heavy (non-hydrogen) atoms. The van der Waals surface area contributed by atoms with Gasteiger partial charge in [0.2, 0.25) is 0 Å². The lowest BCUT2D eigenvalue weighted by Crippen LogP contribution is -2.33. The standard InChI is InChI=1S/C20H23ClN6O4/c21-11-1-3-13(4-2-11)26-6-5-12(7-26)25-18-15-19(23-9-22-18)27(10-24-15)20-17(30)16(29)14(8-28)31-20/h1-4,9-10,12,14,16-17,20,28-30H,5-8H2,(H,22,23,25)/t12-,14+,16-,17-,20+/m0/s1. The highest BCUT2D eigenvalue weighted by Gasteiger charge is 2.44. The number of aliphatic hydroxyl groups excluding tert-OH is 3. The van der Waals surface area contributed by atoms with Crippen LogP contribution in [-0.4, -0.2) is 78.9 Å². The number of benzene rings is 1. The fourth-order valence-electron chi connectivity index (χ4n) is 4.21. The molecule has 4 N–H and O–H groups in total. The monoisotopic (exact) mass is 446 g/mol. The van der Waals surface area contributed by atoms with Crippen LogP contribution in [0.15, 0.2) is 36.9 Å². The Kier molecular flexibility index (Phi) is 5.40. The van der Waals surface area contributed by atoms with Crippen LogP contribution in [0.4, 0.5) is 11.5 Å². The molecular weight excluding hydrogens is 424 g/mol. The van der Waals surface area contributed by atoms with Gasteiger partial charge in [-0.1, -0.05) is 11.6 Å². The van der Waals surface area contributed by atoms with Crippen molar-refractivity contribution < 1.29 is 20.1 Å². The van der Waals surface area contributed by atoms with Crippen LogP contribution in [-0.2, 0) is 4.74 Å². The minimum atomic E-state index is -1.20. The molecule has 0 unspecified atom stereocenters. The molecular formula is C20H23ClN6O4. The Morgan fingerprint density at radius 1 is 1.13 bits per heavy atom. The van der Waals surface area contributed by atoms with Gasteiger partial charge in [0.05, 0.1) is 12.9 Å². The number of fused-ring (bicyclic) bond motifs is 1. The number of nitrogens with one attached hydrogen (secondary N) is 1. The Bertz CT molecular complexity index is 1060. The molecule has 0 bridgehead atoms. The first kappa shape index (κ1) is 20.4. The topological polar surface area (TPSA) is 129 Å². The average molecular weight is 447 g/mol. The number of halogens is 1. The molecule has 2 aromatic heterocycles. The van der Waals surface area contributed by atoms with Crippen LogP contribution < -0.4 is 10.2 Å². The van der Waals surface area contributed by atoms with Crippen molar-refractivity contribution in [2.45, 2.75) is 37.0 Å². The van der Waals surface area contributed by atoms with Gasteiger partial charge in [0.25, 0.3) is 0 Å². The number of hydrogen-bond acceptors (Lipinski definition) is 9. The fraction of sp³-hybridized carbons (Fsp3) is 0.450. The molecule has 2 fully saturated rings. The molecule has 0 amide bonds. The Morgan fingerprint density at radius 3 is 2.68 bits per heavy atom. The molecule has 11 heteroatoms. The number of hydrogen-bond donors (Lipinski definition) is 4. The maximum absolute atomic E-state index is 10.3. The molecule has 2 saturated heterocycles. The minimum Gasteiger partial charge on any atom is -0.394 e. The van der Waals surface area contributed by atoms with Gasteiger partial charge in [-0.15, -0.1) is 0 Å². The zero-order valence-corrected chi connectivity index (χ0v) is 17.3. The molecule has 0 spiro atoms. The second-order valence-corrected chi connectivity index (χ2v) is 8.26. The molecule has 4 heterocycles. The van der Waals surface area contributed by atoms with Gasteiger partial charge in [-0.3, -0.25) is 4.57 Å². The van der Waals surface area contributed by atoms with E-state index < -0.39 is 31.1 Å². The van der Waals surface area contributed by atoms with Crippen molar-refractivity contribution in [2.75, 3.05) is 29.9 Å². The second kappa shape index (κ2) is 8.21. The van der Waals surface area contributed by atoms with Crippen molar-refractivity contribution >= 4 is 34.3 Å². The van der Waals surface area contributed by atoms with Crippen molar-refractivity contribution in [1.82, 2.24) is 19.5 Å². The predicted octanol–water partition coefficient (Wildman–Crippen LogP) is 0.782. The van der Waals surface area contributed by atoms with Crippen LogP contribution in [0.1, 0.15) is 12.6 Å². The van der Waals surface area contributed by atoms with Gasteiger partial charge < -0.3 is 30.3 Å². The number of anilines is 2. The predicted molar refractivity (Wildman–Crippen MR) is 114 cm³/mol. The summed E-state index contributed by atoms with van der Waals surface area (Å²) in [6, 6.07) is 7.96. The van der Waals surface area contributed by atoms with Gasteiger partial charge in [-0.2, -0.15) is 0 Å². The van der Waals surface area contributed by atoms with Crippen molar-refractivity contribution in [2.24, 2.45) is 0 Å². The van der Waals surface area contributed by atoms with Gasteiger partial charge >= 0.3 is 0 Å². The van der Waals surface area contributed by atoms with Crippen LogP contribution in [0.25, 0.3) is 11.2 Å². The maximum Gasteiger partial charge on any atom is 0.167 e. The zero-order valence-electron chi connectivity index (χ0n) is 16.5. The van der Waals surface area contributed by atoms with E-state index >= 15 is 0 Å². The summed E-state index contributed by atoms with van der Waals surface area (Å²) in [4.78, 5) is 15.3. The summed E-state index contributed by atoms with van der Waals surface area (Å²) in [6.07, 6.45) is -0.298. The summed E-state index contributed by atoms with van der Waals surface area (Å²) in [5.41, 5.74) is 2.14. The largest absolute Gasteiger partial charge is 0.394 e. The molecule has 5 atom stereocenters. The van der Waals surface area contributed by atoms with Gasteiger partial charge in [0.1, 0.15) is 24.6 Å². The summed E-state index contributed by atoms with van der Waals surface area (Å²) >= 11 is 5.99. The number of ether oxygens (including phenoxy) is 1. The average Bonchev–Trinajstić information content (AvgIpc) is 3.48. The summed E-state index contributed by atoms with van der Waals surface area (Å²) in [7, 11) is 0. The molecule has 2 aliphatic heterocycles. The van der Waals surface area contributed by atoms with E-state index in [2.05, 4.69) is 25.2 Å². The lowest BCUT2D eigenvalue weighted by Gasteiger charge is -2.19. The van der Waals surface area contributed by atoms with Gasteiger partial charge in [-0.05, 0) is 30.7 Å². The summed E-state index contributed by atoms with van der Waals surface area (Å²) in [6.45, 7) is 1.32. The molecule has 0 radical (unpaired) electrons. The van der Waals surface area contributed by atoms with E-state index in [9.17, 15) is 15.3 Å². The molecule has 1 aromatic carbocycles. The quantitative estimate of drug-likeness (QED) is 0.449. The summed E-state index contributed by atoms with van der Waals surface area (Å²) in [5, 5.41) is 33.9. The highest BCUT2D eigenvalue weighted by Crippen LogP contribution is 2.32. The van der Waals surface area contributed by atoms with Gasteiger partial charge in [0, 0.05) is 29.8 Å². The van der Waals surface area contributed by atoms with Crippen molar-refractivity contribution in [3.63, 3.8) is 0 Å². The zero-order chi connectivity index (χ0) is 21.5. The number of aliphatic hydroxyl groups is 3. The Morgan fingerprint density at radius 2 is 1.94 bits per heavy atom. The number of rotatable bonds is 5. The summed E-state index contributed by atoms with van der Waals surface area (Å²) < 4.78 is 7.16. The highest BCUT2D eigenvalue weighted by molar-refractivity contribution is 6.30. The van der Waals surface area contributed by atoms with Gasteiger partial charge in [-0.25, -0.2) is 15.0 Å². The van der Waals surface area contributed by atoms with Crippen molar-refractivity contribution in [3.05, 3.63) is 41.9 Å². The first-order chi connectivity index (χ1) is 15.0. The van der Waals surface area contributed by atoms with E-state index in [1.807, 2.05) is 24.3 Å². The van der Waals surface area contributed by atoms with E-state index in [4.69, 9.17) is 16.3 Å². The smallest absolute Gasteiger partial charge is 0.167 e. The van der Waals surface area contributed by atoms with E-state index in [0.29, 0.717) is 22.0 Å². The Balaban J connectivity index is 1.34. The van der Waals surface area contributed by atoms with Crippen LogP contribution in [0.5, 0.6) is 0 Å². The normalized spacial score (nSPS) is 28.5. The van der Waals surface area contributed by atoms with Gasteiger partial charge in [0.15, 0.2) is 23.2 Å². The minimum absolute atomic E-state index is 0.174. The van der Waals surface area contributed by atoms with Crippen LogP contribution in [0.3, 0.4) is 0 Å². The van der Waals surface area contributed by atoms with E-state index in [0.717, 1.165) is 25.2 Å². The molecule has 0 saturated carbocycles. The SMILES string of the molecule is OC[C@H]1O[C@@H](n2cnc3c(N[C@H]4CCN(c5ccc(Cl)cc5)C4)ncnc32)[C@@H](O)[C@H]1O. The van der Waals surface area contributed by atoms with Crippen LogP contribution >= 0.6 is 11.6 Å². The molecule has 2 aliphatic rings. The number of imidazole rings is 1. The molecule has 5 rings (SSSR count). The molecule has 0 aliphatic carbocycles. The first-order valence-electron chi connectivity index (χ1n) is 10.1. The first-order valence-corrected chi connectivity index (χ1v) is 10.5. The molecule has 10 nitrogen and oxygen atoms in total. The lowest BCUT2D eigenvalue weighted by atomic mass is 10.1. The summed E-state index contributed by atoms with van der Waals surface area (Å²) in [5.74, 6) is 0.596. The van der Waals surface area contributed by atoms with Crippen LogP contribution in [0, 0.1) is 0 Å². The van der Waals surface area contributed by atoms with E-state index in [1.165, 1.54) is 12.7 Å². The fourth-order valence-corrected chi connectivity index (χ4v) is 4.34. The molecule has 3 aromatic rings. The second-order valence-electron chi connectivity index (χ2n) is 7.83. The number of aromatic nitrogens is 4. The highest BCUT2D eigenvalue weighted by atomic mass is 35.5. The maximum atomic E-state index is 10.3. The van der Waals surface area contributed by atoms with Crippen LogP contribution in [0.2, 0.25) is 5.02 Å². The van der Waals surface area contributed by atoms with E-state index in [-0.39, 0.29) is 6.04 Å².